The van der Waals surface area contributed by atoms with E-state index < -0.39 is 0 Å². The van der Waals surface area contributed by atoms with Crippen LogP contribution in [0.4, 0.5) is 0 Å². The predicted octanol–water partition coefficient (Wildman–Crippen LogP) is 2.16. The molecule has 1 aromatic rings. The molecule has 0 aromatic carbocycles. The van der Waals surface area contributed by atoms with E-state index in [1.54, 1.807) is 12.4 Å². The summed E-state index contributed by atoms with van der Waals surface area (Å²) in [6, 6.07) is 6.12. The summed E-state index contributed by atoms with van der Waals surface area (Å²) in [6.07, 6.45) is 6.59. The summed E-state index contributed by atoms with van der Waals surface area (Å²) in [5.41, 5.74) is 0.928. The smallest absolute Gasteiger partial charge is 0.227 e. The molecule has 1 aliphatic rings. The first-order valence-corrected chi connectivity index (χ1v) is 6.77. The first-order chi connectivity index (χ1) is 9.22. The van der Waals surface area contributed by atoms with Gasteiger partial charge in [0.05, 0.1) is 18.9 Å². The molecule has 1 aromatic heterocycles. The van der Waals surface area contributed by atoms with Crippen LogP contribution in [0.5, 0.6) is 0 Å². The number of hydrogen-bond donors (Lipinski definition) is 0. The molecule has 0 aliphatic heterocycles. The molecule has 100 valence electrons. The molecule has 1 fully saturated rings. The summed E-state index contributed by atoms with van der Waals surface area (Å²) in [4.78, 5) is 18.3. The number of carbonyl (C=O) groups excluding carboxylic acids is 1. The highest BCUT2D eigenvalue weighted by Gasteiger charge is 2.33. The molecular formula is C15H19N3O. The van der Waals surface area contributed by atoms with Gasteiger partial charge in [-0.25, -0.2) is 0 Å². The minimum absolute atomic E-state index is 0.0997. The number of pyridine rings is 1. The molecule has 0 N–H and O–H groups in total. The first-order valence-electron chi connectivity index (χ1n) is 6.77. The molecule has 0 spiro atoms. The van der Waals surface area contributed by atoms with Crippen LogP contribution in [0.2, 0.25) is 0 Å². The van der Waals surface area contributed by atoms with Crippen molar-refractivity contribution in [2.75, 3.05) is 6.54 Å². The van der Waals surface area contributed by atoms with Crippen LogP contribution in [-0.2, 0) is 11.2 Å². The maximum atomic E-state index is 12.4. The van der Waals surface area contributed by atoms with Crippen molar-refractivity contribution in [3.63, 3.8) is 0 Å². The minimum Gasteiger partial charge on any atom is -0.338 e. The summed E-state index contributed by atoms with van der Waals surface area (Å²) in [7, 11) is 0. The molecule has 1 atom stereocenters. The van der Waals surface area contributed by atoms with E-state index in [1.807, 2.05) is 17.0 Å². The van der Waals surface area contributed by atoms with Gasteiger partial charge < -0.3 is 4.90 Å². The van der Waals surface area contributed by atoms with Gasteiger partial charge in [0.1, 0.15) is 0 Å². The Morgan fingerprint density at radius 2 is 2.42 bits per heavy atom. The molecule has 0 unspecified atom stereocenters. The van der Waals surface area contributed by atoms with Crippen LogP contribution < -0.4 is 0 Å². The predicted molar refractivity (Wildman–Crippen MR) is 72.1 cm³/mol. The molecule has 0 radical (unpaired) electrons. The number of aromatic nitrogens is 1. The second-order valence-electron chi connectivity index (χ2n) is 5.11. The van der Waals surface area contributed by atoms with Gasteiger partial charge in [-0.1, -0.05) is 6.07 Å². The fourth-order valence-corrected chi connectivity index (χ4v) is 2.34. The lowest BCUT2D eigenvalue weighted by Crippen LogP contribution is -2.41. The van der Waals surface area contributed by atoms with E-state index in [0.29, 0.717) is 25.3 Å². The number of nitriles is 1. The van der Waals surface area contributed by atoms with Crippen LogP contribution in [0.25, 0.3) is 0 Å². The van der Waals surface area contributed by atoms with Gasteiger partial charge in [0, 0.05) is 25.0 Å². The lowest BCUT2D eigenvalue weighted by molar-refractivity contribution is -0.132. The average molecular weight is 257 g/mol. The molecule has 1 aliphatic carbocycles. The number of hydrogen-bond acceptors (Lipinski definition) is 3. The average Bonchev–Trinajstić information content (AvgIpc) is 3.24. The third kappa shape index (κ3) is 3.78. The summed E-state index contributed by atoms with van der Waals surface area (Å²) >= 11 is 0. The van der Waals surface area contributed by atoms with E-state index >= 15 is 0 Å². The number of carbonyl (C=O) groups is 1. The first kappa shape index (κ1) is 13.5. The highest BCUT2D eigenvalue weighted by Crippen LogP contribution is 2.35. The Labute approximate surface area is 114 Å². The minimum atomic E-state index is 0.0997. The molecule has 4 heteroatoms. The van der Waals surface area contributed by atoms with E-state index in [-0.39, 0.29) is 11.9 Å². The lowest BCUT2D eigenvalue weighted by Gasteiger charge is -2.28. The maximum absolute atomic E-state index is 12.4. The Kier molecular flexibility index (Phi) is 4.51. The lowest BCUT2D eigenvalue weighted by atomic mass is 10.1. The number of amides is 1. The fraction of sp³-hybridized carbons (Fsp3) is 0.533. The van der Waals surface area contributed by atoms with Crippen molar-refractivity contribution < 1.29 is 4.79 Å². The summed E-state index contributed by atoms with van der Waals surface area (Å²) < 4.78 is 0. The fourth-order valence-electron chi connectivity index (χ4n) is 2.34. The molecule has 0 bridgehead atoms. The quantitative estimate of drug-likeness (QED) is 0.784. The molecule has 1 saturated carbocycles. The molecule has 19 heavy (non-hydrogen) atoms. The van der Waals surface area contributed by atoms with Crippen LogP contribution in [0, 0.1) is 17.2 Å². The van der Waals surface area contributed by atoms with Crippen molar-refractivity contribution in [1.29, 1.82) is 5.26 Å². The monoisotopic (exact) mass is 257 g/mol. The SMILES string of the molecule is C[C@@H](C1CC1)N(CCC#N)C(=O)Cc1cccnc1. The van der Waals surface area contributed by atoms with Crippen LogP contribution in [-0.4, -0.2) is 28.4 Å². The van der Waals surface area contributed by atoms with Gasteiger partial charge in [0.15, 0.2) is 0 Å². The van der Waals surface area contributed by atoms with Crippen LogP contribution in [0.15, 0.2) is 24.5 Å². The second kappa shape index (κ2) is 6.33. The highest BCUT2D eigenvalue weighted by molar-refractivity contribution is 5.79. The van der Waals surface area contributed by atoms with Crippen molar-refractivity contribution >= 4 is 5.91 Å². The van der Waals surface area contributed by atoms with Crippen LogP contribution in [0.1, 0.15) is 31.7 Å². The zero-order chi connectivity index (χ0) is 13.7. The van der Waals surface area contributed by atoms with Crippen molar-refractivity contribution in [1.82, 2.24) is 9.88 Å². The molecule has 1 heterocycles. The zero-order valence-corrected chi connectivity index (χ0v) is 11.2. The Hall–Kier alpha value is -1.89. The Morgan fingerprint density at radius 1 is 1.63 bits per heavy atom. The number of rotatable bonds is 6. The van der Waals surface area contributed by atoms with Gasteiger partial charge in [-0.3, -0.25) is 9.78 Å². The van der Waals surface area contributed by atoms with Crippen molar-refractivity contribution in [3.8, 4) is 6.07 Å². The Balaban J connectivity index is 2.00. The van der Waals surface area contributed by atoms with Crippen molar-refractivity contribution in [3.05, 3.63) is 30.1 Å². The Morgan fingerprint density at radius 3 is 3.00 bits per heavy atom. The molecule has 0 saturated heterocycles. The van der Waals surface area contributed by atoms with Gasteiger partial charge in [-0.15, -0.1) is 0 Å². The molecule has 4 nitrogen and oxygen atoms in total. The van der Waals surface area contributed by atoms with Gasteiger partial charge in [0.2, 0.25) is 5.91 Å². The molecule has 1 amide bonds. The largest absolute Gasteiger partial charge is 0.338 e. The highest BCUT2D eigenvalue weighted by atomic mass is 16.2. The standard InChI is InChI=1S/C15H19N3O/c1-12(14-5-6-14)18(9-3-7-16)15(19)10-13-4-2-8-17-11-13/h2,4,8,11-12,14H,3,5-6,9-10H2,1H3/t12-/m0/s1. The van der Waals surface area contributed by atoms with E-state index in [4.69, 9.17) is 5.26 Å². The van der Waals surface area contributed by atoms with E-state index in [9.17, 15) is 4.79 Å². The third-order valence-electron chi connectivity index (χ3n) is 3.66. The van der Waals surface area contributed by atoms with Gasteiger partial charge in [0.25, 0.3) is 0 Å². The van der Waals surface area contributed by atoms with Crippen LogP contribution >= 0.6 is 0 Å². The second-order valence-corrected chi connectivity index (χ2v) is 5.11. The van der Waals surface area contributed by atoms with E-state index in [1.165, 1.54) is 12.8 Å². The summed E-state index contributed by atoms with van der Waals surface area (Å²) in [5.74, 6) is 0.721. The normalized spacial score (nSPS) is 15.6. The van der Waals surface area contributed by atoms with Crippen molar-refractivity contribution in [2.45, 2.75) is 38.6 Å². The van der Waals surface area contributed by atoms with Gasteiger partial charge in [-0.05, 0) is 37.3 Å². The molecular weight excluding hydrogens is 238 g/mol. The summed E-state index contributed by atoms with van der Waals surface area (Å²) in [5, 5.41) is 8.72. The van der Waals surface area contributed by atoms with Crippen LogP contribution in [0.3, 0.4) is 0 Å². The zero-order valence-electron chi connectivity index (χ0n) is 11.2. The Bertz CT molecular complexity index is 462. The van der Waals surface area contributed by atoms with E-state index in [0.717, 1.165) is 5.56 Å². The van der Waals surface area contributed by atoms with Gasteiger partial charge in [-0.2, -0.15) is 5.26 Å². The topological polar surface area (TPSA) is 57.0 Å². The van der Waals surface area contributed by atoms with Crippen molar-refractivity contribution in [2.24, 2.45) is 5.92 Å². The third-order valence-corrected chi connectivity index (χ3v) is 3.66. The maximum Gasteiger partial charge on any atom is 0.227 e. The molecule has 2 rings (SSSR count). The summed E-state index contributed by atoms with van der Waals surface area (Å²) in [6.45, 7) is 2.63. The number of nitrogens with zero attached hydrogens (tertiary/aromatic N) is 3. The van der Waals surface area contributed by atoms with E-state index in [2.05, 4.69) is 18.0 Å². The van der Waals surface area contributed by atoms with Gasteiger partial charge >= 0.3 is 0 Å².